The molecular weight excluding hydrogens is 288 g/mol. The average molecular weight is 295 g/mol. The van der Waals surface area contributed by atoms with Crippen LogP contribution in [0.25, 0.3) is 0 Å². The van der Waals surface area contributed by atoms with Crippen molar-refractivity contribution in [3.8, 4) is 6.07 Å². The zero-order valence-electron chi connectivity index (χ0n) is 7.24. The number of nitriles is 1. The highest BCUT2D eigenvalue weighted by molar-refractivity contribution is 9.11. The van der Waals surface area contributed by atoms with Gasteiger partial charge in [-0.25, -0.2) is 8.42 Å². The smallest absolute Gasteiger partial charge is 0.207 e. The third kappa shape index (κ3) is 2.54. The van der Waals surface area contributed by atoms with Crippen LogP contribution in [0.1, 0.15) is 4.88 Å². The third-order valence-corrected chi connectivity index (χ3v) is 4.68. The Bertz CT molecular complexity index is 472. The molecule has 7 heteroatoms. The van der Waals surface area contributed by atoms with E-state index in [1.807, 2.05) is 0 Å². The van der Waals surface area contributed by atoms with E-state index in [0.29, 0.717) is 4.88 Å². The Morgan fingerprint density at radius 3 is 2.79 bits per heavy atom. The summed E-state index contributed by atoms with van der Waals surface area (Å²) in [5.41, 5.74) is 0. The highest BCUT2D eigenvalue weighted by Crippen LogP contribution is 2.29. The zero-order valence-corrected chi connectivity index (χ0v) is 10.5. The van der Waals surface area contributed by atoms with E-state index in [1.165, 1.54) is 17.4 Å². The highest BCUT2D eigenvalue weighted by atomic mass is 79.9. The van der Waals surface area contributed by atoms with Gasteiger partial charge in [-0.05, 0) is 28.9 Å². The van der Waals surface area contributed by atoms with Crippen molar-refractivity contribution in [3.05, 3.63) is 14.7 Å². The quantitative estimate of drug-likeness (QED) is 0.861. The Balaban J connectivity index is 3.05. The summed E-state index contributed by atoms with van der Waals surface area (Å²) in [6, 6.07) is 3.25. The number of nitrogens with zero attached hydrogens (tertiary/aromatic N) is 1. The van der Waals surface area contributed by atoms with Gasteiger partial charge < -0.3 is 0 Å². The van der Waals surface area contributed by atoms with Gasteiger partial charge in [0, 0.05) is 4.88 Å². The van der Waals surface area contributed by atoms with Crippen LogP contribution < -0.4 is 4.72 Å². The number of nitrogens with one attached hydrogen (secondary N) is 1. The van der Waals surface area contributed by atoms with E-state index in [1.54, 1.807) is 13.0 Å². The van der Waals surface area contributed by atoms with Gasteiger partial charge in [0.15, 0.2) is 0 Å². The first kappa shape index (κ1) is 11.7. The summed E-state index contributed by atoms with van der Waals surface area (Å²) in [4.78, 5) is 0.923. The lowest BCUT2D eigenvalue weighted by atomic mass is 10.5. The molecule has 0 atom stereocenters. The standard InChI is InChI=1S/C7H7BrN2O2S2/c1-5-6(4-7(8)13-5)14(11,12)10-3-2-9/h4,10H,3H2,1H3. The summed E-state index contributed by atoms with van der Waals surface area (Å²) in [6.45, 7) is 1.51. The maximum absolute atomic E-state index is 11.5. The fourth-order valence-corrected chi connectivity index (χ4v) is 4.23. The Morgan fingerprint density at radius 1 is 1.71 bits per heavy atom. The molecule has 76 valence electrons. The molecule has 0 fully saturated rings. The van der Waals surface area contributed by atoms with Gasteiger partial charge in [-0.2, -0.15) is 9.98 Å². The number of thiophene rings is 1. The molecular formula is C7H7BrN2O2S2. The van der Waals surface area contributed by atoms with Crippen LogP contribution in [-0.2, 0) is 10.0 Å². The van der Waals surface area contributed by atoms with Gasteiger partial charge in [0.25, 0.3) is 0 Å². The van der Waals surface area contributed by atoms with E-state index in [2.05, 4.69) is 20.7 Å². The second kappa shape index (κ2) is 4.40. The van der Waals surface area contributed by atoms with Crippen LogP contribution in [-0.4, -0.2) is 15.0 Å². The SMILES string of the molecule is Cc1sc(Br)cc1S(=O)(=O)NCC#N. The average Bonchev–Trinajstić information content (AvgIpc) is 2.42. The molecule has 0 aliphatic heterocycles. The molecule has 0 spiro atoms. The van der Waals surface area contributed by atoms with Crippen LogP contribution in [0.15, 0.2) is 14.7 Å². The molecule has 4 nitrogen and oxygen atoms in total. The minimum absolute atomic E-state index is 0.213. The number of halogens is 1. The number of hydrogen-bond acceptors (Lipinski definition) is 4. The minimum atomic E-state index is -3.52. The van der Waals surface area contributed by atoms with Gasteiger partial charge in [0.1, 0.15) is 0 Å². The monoisotopic (exact) mass is 294 g/mol. The summed E-state index contributed by atoms with van der Waals surface area (Å²) in [5.74, 6) is 0. The van der Waals surface area contributed by atoms with Gasteiger partial charge in [0.05, 0.1) is 21.3 Å². The molecule has 1 heterocycles. The van der Waals surface area contributed by atoms with Crippen LogP contribution in [0.2, 0.25) is 0 Å². The van der Waals surface area contributed by atoms with E-state index in [0.717, 1.165) is 3.79 Å². The molecule has 0 aliphatic rings. The number of hydrogen-bond donors (Lipinski definition) is 1. The maximum atomic E-state index is 11.5. The van der Waals surface area contributed by atoms with Crippen LogP contribution in [0.5, 0.6) is 0 Å². The molecule has 1 aromatic heterocycles. The molecule has 0 saturated heterocycles. The summed E-state index contributed by atoms with van der Waals surface area (Å²) in [7, 11) is -3.52. The van der Waals surface area contributed by atoms with E-state index in [4.69, 9.17) is 5.26 Å². The van der Waals surface area contributed by atoms with Crippen LogP contribution >= 0.6 is 27.3 Å². The van der Waals surface area contributed by atoms with Crippen molar-refractivity contribution >= 4 is 37.3 Å². The van der Waals surface area contributed by atoms with Crippen LogP contribution in [0, 0.1) is 18.3 Å². The van der Waals surface area contributed by atoms with Crippen molar-refractivity contribution in [2.75, 3.05) is 6.54 Å². The molecule has 0 amide bonds. The Labute approximate surface area is 94.7 Å². The second-order valence-corrected chi connectivity index (χ2v) is 6.82. The summed E-state index contributed by atoms with van der Waals surface area (Å²) >= 11 is 4.55. The predicted octanol–water partition coefficient (Wildman–Crippen LogP) is 1.62. The van der Waals surface area contributed by atoms with Crippen molar-refractivity contribution in [2.24, 2.45) is 0 Å². The van der Waals surface area contributed by atoms with E-state index in [-0.39, 0.29) is 11.4 Å². The van der Waals surface area contributed by atoms with Gasteiger partial charge >= 0.3 is 0 Å². The van der Waals surface area contributed by atoms with Gasteiger partial charge in [-0.1, -0.05) is 0 Å². The minimum Gasteiger partial charge on any atom is -0.207 e. The molecule has 14 heavy (non-hydrogen) atoms. The first-order valence-electron chi connectivity index (χ1n) is 3.60. The first-order chi connectivity index (χ1) is 6.47. The van der Waals surface area contributed by atoms with Gasteiger partial charge in [0.2, 0.25) is 10.0 Å². The van der Waals surface area contributed by atoms with Crippen molar-refractivity contribution in [3.63, 3.8) is 0 Å². The van der Waals surface area contributed by atoms with Crippen molar-refractivity contribution < 1.29 is 8.42 Å². The lowest BCUT2D eigenvalue weighted by Gasteiger charge is -2.00. The highest BCUT2D eigenvalue weighted by Gasteiger charge is 2.18. The summed E-state index contributed by atoms with van der Waals surface area (Å²) < 4.78 is 26.0. The largest absolute Gasteiger partial charge is 0.242 e. The summed E-state index contributed by atoms with van der Waals surface area (Å²) in [5, 5.41) is 8.27. The topological polar surface area (TPSA) is 70.0 Å². The molecule has 0 aromatic carbocycles. The number of sulfonamides is 1. The zero-order chi connectivity index (χ0) is 10.8. The fourth-order valence-electron chi connectivity index (χ4n) is 0.903. The fraction of sp³-hybridized carbons (Fsp3) is 0.286. The summed E-state index contributed by atoms with van der Waals surface area (Å²) in [6.07, 6.45) is 0. The molecule has 1 aromatic rings. The molecule has 0 radical (unpaired) electrons. The van der Waals surface area contributed by atoms with E-state index in [9.17, 15) is 8.42 Å². The number of rotatable bonds is 3. The molecule has 0 saturated carbocycles. The normalized spacial score (nSPS) is 11.2. The lowest BCUT2D eigenvalue weighted by Crippen LogP contribution is -2.23. The predicted molar refractivity (Wildman–Crippen MR) is 57.6 cm³/mol. The van der Waals surface area contributed by atoms with Crippen molar-refractivity contribution in [1.29, 1.82) is 5.26 Å². The van der Waals surface area contributed by atoms with E-state index >= 15 is 0 Å². The third-order valence-electron chi connectivity index (χ3n) is 1.47. The second-order valence-electron chi connectivity index (χ2n) is 2.45. The van der Waals surface area contributed by atoms with Crippen LogP contribution in [0.3, 0.4) is 0 Å². The lowest BCUT2D eigenvalue weighted by molar-refractivity contribution is 0.586. The molecule has 1 rings (SSSR count). The molecule has 0 unspecified atom stereocenters. The van der Waals surface area contributed by atoms with Gasteiger partial charge in [-0.15, -0.1) is 11.3 Å². The Kier molecular flexibility index (Phi) is 3.66. The molecule has 1 N–H and O–H groups in total. The van der Waals surface area contributed by atoms with Crippen molar-refractivity contribution in [1.82, 2.24) is 4.72 Å². The Morgan fingerprint density at radius 2 is 2.36 bits per heavy atom. The Hall–Kier alpha value is -0.420. The first-order valence-corrected chi connectivity index (χ1v) is 6.69. The number of aryl methyl sites for hydroxylation is 1. The maximum Gasteiger partial charge on any atom is 0.242 e. The molecule has 0 aliphatic carbocycles. The molecule has 0 bridgehead atoms. The van der Waals surface area contributed by atoms with Crippen molar-refractivity contribution in [2.45, 2.75) is 11.8 Å². The van der Waals surface area contributed by atoms with Crippen LogP contribution in [0.4, 0.5) is 0 Å². The van der Waals surface area contributed by atoms with E-state index < -0.39 is 10.0 Å². The van der Waals surface area contributed by atoms with Gasteiger partial charge in [-0.3, -0.25) is 0 Å².